The molecule has 1 unspecified atom stereocenters. The molecular weight excluding hydrogens is 408 g/mol. The molecule has 172 valence electrons. The van der Waals surface area contributed by atoms with E-state index < -0.39 is 0 Å². The molecule has 4 rings (SSSR count). The van der Waals surface area contributed by atoms with E-state index in [1.165, 1.54) is 16.6 Å². The second kappa shape index (κ2) is 11.0. The van der Waals surface area contributed by atoms with E-state index in [9.17, 15) is 0 Å². The van der Waals surface area contributed by atoms with E-state index in [2.05, 4.69) is 79.1 Å². The fourth-order valence-electron chi connectivity index (χ4n) is 4.13. The van der Waals surface area contributed by atoms with Crippen molar-refractivity contribution in [3.05, 3.63) is 89.7 Å². The summed E-state index contributed by atoms with van der Waals surface area (Å²) in [5, 5.41) is 0. The average molecular weight is 443 g/mol. The van der Waals surface area contributed by atoms with Crippen LogP contribution in [0.2, 0.25) is 0 Å². The lowest BCUT2D eigenvalue weighted by atomic mass is 9.99. The van der Waals surface area contributed by atoms with Crippen LogP contribution < -0.4 is 9.47 Å². The van der Waals surface area contributed by atoms with Crippen molar-refractivity contribution in [2.24, 2.45) is 0 Å². The smallest absolute Gasteiger partial charge is 0.119 e. The number of aryl methyl sites for hydroxylation is 1. The molecule has 0 fully saturated rings. The molecule has 4 nitrogen and oxygen atoms in total. The first kappa shape index (κ1) is 22.9. The Morgan fingerprint density at radius 3 is 2.33 bits per heavy atom. The molecule has 0 aliphatic heterocycles. The van der Waals surface area contributed by atoms with Gasteiger partial charge < -0.3 is 14.0 Å². The summed E-state index contributed by atoms with van der Waals surface area (Å²) in [6, 6.07) is 25.2. The molecular formula is C29H34N2O2. The Balaban J connectivity index is 1.36. The Hall–Kier alpha value is -3.27. The van der Waals surface area contributed by atoms with E-state index >= 15 is 0 Å². The van der Waals surface area contributed by atoms with Crippen molar-refractivity contribution in [1.82, 2.24) is 9.55 Å². The van der Waals surface area contributed by atoms with Gasteiger partial charge in [0.25, 0.3) is 0 Å². The lowest BCUT2D eigenvalue weighted by Crippen LogP contribution is -2.07. The van der Waals surface area contributed by atoms with Crippen LogP contribution in [0.1, 0.15) is 56.0 Å². The SMILES string of the molecule is CCC(C)c1ccc(OCCCCn2c(Cc3ccc(OC)cc3)nc3ccccc32)cc1. The fourth-order valence-corrected chi connectivity index (χ4v) is 4.13. The molecule has 0 spiro atoms. The molecule has 0 radical (unpaired) electrons. The summed E-state index contributed by atoms with van der Waals surface area (Å²) in [7, 11) is 1.69. The van der Waals surface area contributed by atoms with E-state index in [1.54, 1.807) is 7.11 Å². The summed E-state index contributed by atoms with van der Waals surface area (Å²) in [6.07, 6.45) is 4.00. The second-order valence-corrected chi connectivity index (χ2v) is 8.63. The number of methoxy groups -OCH3 is 1. The number of benzene rings is 3. The molecule has 1 aromatic heterocycles. The van der Waals surface area contributed by atoms with Crippen molar-refractivity contribution < 1.29 is 9.47 Å². The summed E-state index contributed by atoms with van der Waals surface area (Å²) in [4.78, 5) is 4.93. The van der Waals surface area contributed by atoms with Gasteiger partial charge in [-0.25, -0.2) is 4.98 Å². The van der Waals surface area contributed by atoms with Crippen LogP contribution in [-0.2, 0) is 13.0 Å². The first-order valence-electron chi connectivity index (χ1n) is 12.0. The van der Waals surface area contributed by atoms with Crippen molar-refractivity contribution in [2.75, 3.05) is 13.7 Å². The third-order valence-electron chi connectivity index (χ3n) is 6.36. The van der Waals surface area contributed by atoms with Crippen LogP contribution in [0.4, 0.5) is 0 Å². The summed E-state index contributed by atoms with van der Waals surface area (Å²) in [6.45, 7) is 6.14. The molecule has 0 saturated heterocycles. The minimum Gasteiger partial charge on any atom is -0.497 e. The summed E-state index contributed by atoms with van der Waals surface area (Å²) in [5.41, 5.74) is 4.86. The van der Waals surface area contributed by atoms with Crippen LogP contribution >= 0.6 is 0 Å². The maximum absolute atomic E-state index is 5.99. The molecule has 33 heavy (non-hydrogen) atoms. The minimum atomic E-state index is 0.594. The molecule has 4 aromatic rings. The van der Waals surface area contributed by atoms with Crippen molar-refractivity contribution >= 4 is 11.0 Å². The number of rotatable bonds is 11. The van der Waals surface area contributed by atoms with Crippen LogP contribution in [-0.4, -0.2) is 23.3 Å². The van der Waals surface area contributed by atoms with Gasteiger partial charge in [-0.05, 0) is 72.7 Å². The third-order valence-corrected chi connectivity index (χ3v) is 6.36. The number of unbranched alkanes of at least 4 members (excludes halogenated alkanes) is 1. The van der Waals surface area contributed by atoms with Gasteiger partial charge in [0.1, 0.15) is 17.3 Å². The molecule has 1 heterocycles. The van der Waals surface area contributed by atoms with Gasteiger partial charge in [-0.1, -0.05) is 50.2 Å². The molecule has 0 aliphatic carbocycles. The van der Waals surface area contributed by atoms with Crippen molar-refractivity contribution in [1.29, 1.82) is 0 Å². The van der Waals surface area contributed by atoms with E-state index in [1.807, 2.05) is 12.1 Å². The highest BCUT2D eigenvalue weighted by Crippen LogP contribution is 2.23. The summed E-state index contributed by atoms with van der Waals surface area (Å²) >= 11 is 0. The number of nitrogens with zero attached hydrogens (tertiary/aromatic N) is 2. The molecule has 0 saturated carbocycles. The quantitative estimate of drug-likeness (QED) is 0.234. The number of aromatic nitrogens is 2. The molecule has 3 aromatic carbocycles. The molecule has 0 aliphatic rings. The number of hydrogen-bond acceptors (Lipinski definition) is 3. The third kappa shape index (κ3) is 5.75. The zero-order valence-electron chi connectivity index (χ0n) is 20.0. The number of fused-ring (bicyclic) bond motifs is 1. The van der Waals surface area contributed by atoms with Gasteiger partial charge in [-0.15, -0.1) is 0 Å². The Morgan fingerprint density at radius 1 is 0.879 bits per heavy atom. The Bertz CT molecular complexity index is 1150. The molecule has 4 heteroatoms. The maximum Gasteiger partial charge on any atom is 0.119 e. The minimum absolute atomic E-state index is 0.594. The molecule has 0 bridgehead atoms. The van der Waals surface area contributed by atoms with Gasteiger partial charge in [0, 0.05) is 13.0 Å². The second-order valence-electron chi connectivity index (χ2n) is 8.63. The zero-order valence-corrected chi connectivity index (χ0v) is 20.0. The monoisotopic (exact) mass is 442 g/mol. The standard InChI is InChI=1S/C29H34N2O2/c1-4-22(2)24-13-17-26(18-14-24)33-20-8-7-19-31-28-10-6-5-9-27(28)30-29(31)21-23-11-15-25(32-3)16-12-23/h5-6,9-18,22H,4,7-8,19-21H2,1-3H3. The number of ether oxygens (including phenoxy) is 2. The fraction of sp³-hybridized carbons (Fsp3) is 0.345. The Morgan fingerprint density at radius 2 is 1.61 bits per heavy atom. The highest BCUT2D eigenvalue weighted by Gasteiger charge is 2.11. The Labute approximate surface area is 197 Å². The highest BCUT2D eigenvalue weighted by atomic mass is 16.5. The van der Waals surface area contributed by atoms with Gasteiger partial charge in [-0.2, -0.15) is 0 Å². The van der Waals surface area contributed by atoms with E-state index in [4.69, 9.17) is 14.5 Å². The maximum atomic E-state index is 5.99. The van der Waals surface area contributed by atoms with Gasteiger partial charge >= 0.3 is 0 Å². The predicted molar refractivity (Wildman–Crippen MR) is 135 cm³/mol. The molecule has 1 atom stereocenters. The lowest BCUT2D eigenvalue weighted by Gasteiger charge is -2.12. The number of imidazole rings is 1. The first-order chi connectivity index (χ1) is 16.2. The van der Waals surface area contributed by atoms with Crippen molar-refractivity contribution in [3.8, 4) is 11.5 Å². The van der Waals surface area contributed by atoms with E-state index in [-0.39, 0.29) is 0 Å². The van der Waals surface area contributed by atoms with Crippen LogP contribution in [0.5, 0.6) is 11.5 Å². The van der Waals surface area contributed by atoms with Gasteiger partial charge in [0.2, 0.25) is 0 Å². The topological polar surface area (TPSA) is 36.3 Å². The molecule has 0 amide bonds. The largest absolute Gasteiger partial charge is 0.497 e. The van der Waals surface area contributed by atoms with E-state index in [0.717, 1.165) is 61.7 Å². The van der Waals surface area contributed by atoms with E-state index in [0.29, 0.717) is 5.92 Å². The Kier molecular flexibility index (Phi) is 7.66. The molecule has 0 N–H and O–H groups in total. The average Bonchev–Trinajstić information content (AvgIpc) is 3.21. The summed E-state index contributed by atoms with van der Waals surface area (Å²) in [5.74, 6) is 3.52. The van der Waals surface area contributed by atoms with Gasteiger partial charge in [0.15, 0.2) is 0 Å². The van der Waals surface area contributed by atoms with Crippen LogP contribution in [0.3, 0.4) is 0 Å². The normalized spacial score (nSPS) is 12.1. The predicted octanol–water partition coefficient (Wildman–Crippen LogP) is 7.01. The van der Waals surface area contributed by atoms with Crippen LogP contribution in [0.25, 0.3) is 11.0 Å². The van der Waals surface area contributed by atoms with Crippen LogP contribution in [0, 0.1) is 0 Å². The van der Waals surface area contributed by atoms with Crippen molar-refractivity contribution in [3.63, 3.8) is 0 Å². The highest BCUT2D eigenvalue weighted by molar-refractivity contribution is 5.76. The first-order valence-corrected chi connectivity index (χ1v) is 12.0. The number of hydrogen-bond donors (Lipinski definition) is 0. The van der Waals surface area contributed by atoms with Crippen LogP contribution in [0.15, 0.2) is 72.8 Å². The number of para-hydroxylation sites is 2. The lowest BCUT2D eigenvalue weighted by molar-refractivity contribution is 0.303. The van der Waals surface area contributed by atoms with Crippen molar-refractivity contribution in [2.45, 2.75) is 52.0 Å². The van der Waals surface area contributed by atoms with Gasteiger partial charge in [-0.3, -0.25) is 0 Å². The van der Waals surface area contributed by atoms with Gasteiger partial charge in [0.05, 0.1) is 24.8 Å². The zero-order chi connectivity index (χ0) is 23.0. The summed E-state index contributed by atoms with van der Waals surface area (Å²) < 4.78 is 13.6.